The second kappa shape index (κ2) is 17.9. The Kier molecular flexibility index (Phi) is 13.1. The molecule has 1 N–H and O–H groups in total. The number of carboxylic acids is 1. The van der Waals surface area contributed by atoms with Crippen LogP contribution in [0.5, 0.6) is 34.5 Å². The third-order valence-corrected chi connectivity index (χ3v) is 9.71. The first-order valence-corrected chi connectivity index (χ1v) is 17.7. The van der Waals surface area contributed by atoms with Crippen molar-refractivity contribution in [2.24, 2.45) is 5.92 Å². The van der Waals surface area contributed by atoms with Crippen LogP contribution in [0.25, 0.3) is 0 Å². The second-order valence-electron chi connectivity index (χ2n) is 13.1. The Hall–Kier alpha value is -5.13. The summed E-state index contributed by atoms with van der Waals surface area (Å²) in [5, 5.41) is 9.15. The van der Waals surface area contributed by atoms with E-state index in [0.29, 0.717) is 78.2 Å². The van der Waals surface area contributed by atoms with Gasteiger partial charge in [0.05, 0.1) is 41.5 Å². The van der Waals surface area contributed by atoms with Crippen LogP contribution >= 0.6 is 0 Å². The summed E-state index contributed by atoms with van der Waals surface area (Å²) in [7, 11) is 7.78. The SMILES string of the molecule is COc1ccc(CCC(OC(=O)[C@@H]2CCCCN2C(=O)C(CC2CC2)c2cc(OC)c(OC)c(OC)c2)c2cccc(OCC(=O)O)c2)cc1OC. The predicted molar refractivity (Wildman–Crippen MR) is 192 cm³/mol. The number of carbonyl (C=O) groups excluding carboxylic acids is 2. The molecule has 1 aliphatic heterocycles. The van der Waals surface area contributed by atoms with Gasteiger partial charge in [-0.1, -0.05) is 31.0 Å². The number of aryl methyl sites for hydroxylation is 1. The van der Waals surface area contributed by atoms with E-state index in [4.69, 9.17) is 38.3 Å². The van der Waals surface area contributed by atoms with Crippen molar-refractivity contribution in [2.45, 2.75) is 69.4 Å². The zero-order valence-electron chi connectivity index (χ0n) is 30.6. The zero-order chi connectivity index (χ0) is 37.2. The van der Waals surface area contributed by atoms with Crippen LogP contribution in [0.15, 0.2) is 54.6 Å². The van der Waals surface area contributed by atoms with Crippen molar-refractivity contribution in [3.63, 3.8) is 0 Å². The lowest BCUT2D eigenvalue weighted by atomic mass is 9.89. The Labute approximate surface area is 304 Å². The average molecular weight is 720 g/mol. The van der Waals surface area contributed by atoms with Crippen molar-refractivity contribution >= 4 is 17.8 Å². The van der Waals surface area contributed by atoms with E-state index in [1.807, 2.05) is 36.4 Å². The molecule has 5 rings (SSSR count). The third kappa shape index (κ3) is 9.40. The number of ether oxygens (including phenoxy) is 7. The first-order chi connectivity index (χ1) is 25.2. The van der Waals surface area contributed by atoms with Gasteiger partial charge < -0.3 is 43.2 Å². The molecule has 0 aromatic heterocycles. The van der Waals surface area contributed by atoms with Gasteiger partial charge in [0.2, 0.25) is 11.7 Å². The summed E-state index contributed by atoms with van der Waals surface area (Å²) in [5.74, 6) is 1.09. The number of hydrogen-bond donors (Lipinski definition) is 1. The van der Waals surface area contributed by atoms with Crippen molar-refractivity contribution in [3.8, 4) is 34.5 Å². The summed E-state index contributed by atoms with van der Waals surface area (Å²) in [4.78, 5) is 41.7. The summed E-state index contributed by atoms with van der Waals surface area (Å²) in [6, 6.07) is 15.4. The molecular weight excluding hydrogens is 670 g/mol. The fourth-order valence-corrected chi connectivity index (χ4v) is 6.81. The van der Waals surface area contributed by atoms with Gasteiger partial charge in [-0.05, 0) is 97.5 Å². The summed E-state index contributed by atoms with van der Waals surface area (Å²) >= 11 is 0. The zero-order valence-corrected chi connectivity index (χ0v) is 30.6. The van der Waals surface area contributed by atoms with Crippen LogP contribution in [0, 0.1) is 5.92 Å². The molecular formula is C40H49NO11. The molecule has 2 fully saturated rings. The van der Waals surface area contributed by atoms with Crippen molar-refractivity contribution in [1.29, 1.82) is 0 Å². The number of methoxy groups -OCH3 is 5. The number of likely N-dealkylation sites (tertiary alicyclic amines) is 1. The van der Waals surface area contributed by atoms with E-state index in [0.717, 1.165) is 36.8 Å². The monoisotopic (exact) mass is 719 g/mol. The lowest BCUT2D eigenvalue weighted by molar-refractivity contribution is -0.162. The minimum absolute atomic E-state index is 0.131. The number of nitrogens with zero attached hydrogens (tertiary/aromatic N) is 1. The van der Waals surface area contributed by atoms with Crippen molar-refractivity contribution < 1.29 is 52.6 Å². The molecule has 0 radical (unpaired) electrons. The normalized spacial score (nSPS) is 16.6. The summed E-state index contributed by atoms with van der Waals surface area (Å²) in [5.41, 5.74) is 2.34. The number of hydrogen-bond acceptors (Lipinski definition) is 10. The summed E-state index contributed by atoms with van der Waals surface area (Å²) in [6.45, 7) is -0.0777. The maximum Gasteiger partial charge on any atom is 0.341 e. The molecule has 12 heteroatoms. The van der Waals surface area contributed by atoms with E-state index >= 15 is 0 Å². The van der Waals surface area contributed by atoms with Gasteiger partial charge in [0.15, 0.2) is 29.6 Å². The number of rotatable bonds is 18. The smallest absolute Gasteiger partial charge is 0.341 e. The quantitative estimate of drug-likeness (QED) is 0.147. The minimum atomic E-state index is -1.10. The van der Waals surface area contributed by atoms with E-state index in [1.165, 1.54) is 7.11 Å². The number of amides is 1. The molecule has 3 aromatic carbocycles. The number of benzene rings is 3. The molecule has 3 atom stereocenters. The Morgan fingerprint density at radius 1 is 0.788 bits per heavy atom. The largest absolute Gasteiger partial charge is 0.493 e. The number of carbonyl (C=O) groups is 3. The van der Waals surface area contributed by atoms with Crippen molar-refractivity contribution in [1.82, 2.24) is 4.90 Å². The maximum absolute atomic E-state index is 14.6. The molecule has 0 bridgehead atoms. The van der Waals surface area contributed by atoms with Crippen LogP contribution in [0.3, 0.4) is 0 Å². The van der Waals surface area contributed by atoms with Gasteiger partial charge in [-0.3, -0.25) is 4.79 Å². The molecule has 1 amide bonds. The van der Waals surface area contributed by atoms with Gasteiger partial charge >= 0.3 is 11.9 Å². The summed E-state index contributed by atoms with van der Waals surface area (Å²) in [6.07, 6.45) is 4.98. The molecule has 1 saturated heterocycles. The molecule has 0 spiro atoms. The average Bonchev–Trinajstić information content (AvgIpc) is 4.01. The van der Waals surface area contributed by atoms with Gasteiger partial charge in [0.25, 0.3) is 0 Å². The van der Waals surface area contributed by atoms with Crippen LogP contribution in [0.2, 0.25) is 0 Å². The molecule has 52 heavy (non-hydrogen) atoms. The first kappa shape index (κ1) is 38.1. The lowest BCUT2D eigenvalue weighted by Crippen LogP contribution is -2.50. The molecule has 2 unspecified atom stereocenters. The van der Waals surface area contributed by atoms with Gasteiger partial charge in [0, 0.05) is 6.54 Å². The van der Waals surface area contributed by atoms with Gasteiger partial charge in [-0.25, -0.2) is 9.59 Å². The fraction of sp³-hybridized carbons (Fsp3) is 0.475. The topological polar surface area (TPSA) is 139 Å². The fourth-order valence-electron chi connectivity index (χ4n) is 6.81. The van der Waals surface area contributed by atoms with Crippen LogP contribution in [0.4, 0.5) is 0 Å². The van der Waals surface area contributed by atoms with E-state index < -0.39 is 36.6 Å². The molecule has 2 aliphatic rings. The van der Waals surface area contributed by atoms with E-state index in [9.17, 15) is 14.4 Å². The highest BCUT2D eigenvalue weighted by Gasteiger charge is 2.40. The standard InChI is InChI=1S/C40H49NO11/c1-46-33-17-15-26(20-34(33)47-2)14-16-32(27-9-8-10-29(21-27)51-24-37(42)43)52-40(45)31-11-6-7-18-41(31)39(44)30(19-25-12-13-25)28-22-35(48-3)38(50-5)36(23-28)49-4/h8-10,15,17,20-23,25,30-32H,6-7,11-14,16,18-19,24H2,1-5H3,(H,42,43)/t30?,31-,32?/m0/s1. The maximum atomic E-state index is 14.6. The van der Waals surface area contributed by atoms with Crippen LogP contribution in [-0.2, 0) is 25.5 Å². The second-order valence-corrected chi connectivity index (χ2v) is 13.1. The first-order valence-electron chi connectivity index (χ1n) is 17.7. The van der Waals surface area contributed by atoms with Crippen molar-refractivity contribution in [3.05, 3.63) is 71.3 Å². The van der Waals surface area contributed by atoms with E-state index in [2.05, 4.69) is 0 Å². The Balaban J connectivity index is 1.42. The highest BCUT2D eigenvalue weighted by atomic mass is 16.5. The number of esters is 1. The number of aliphatic carboxylic acids is 1. The van der Waals surface area contributed by atoms with Crippen LogP contribution in [0.1, 0.15) is 73.7 Å². The molecule has 280 valence electrons. The molecule has 1 aliphatic carbocycles. The van der Waals surface area contributed by atoms with Crippen LogP contribution in [-0.4, -0.2) is 82.6 Å². The van der Waals surface area contributed by atoms with Crippen molar-refractivity contribution in [2.75, 3.05) is 48.7 Å². The minimum Gasteiger partial charge on any atom is -0.493 e. The predicted octanol–water partition coefficient (Wildman–Crippen LogP) is 6.38. The van der Waals surface area contributed by atoms with Gasteiger partial charge in [0.1, 0.15) is 17.9 Å². The Morgan fingerprint density at radius 2 is 1.50 bits per heavy atom. The van der Waals surface area contributed by atoms with Gasteiger partial charge in [-0.15, -0.1) is 0 Å². The van der Waals surface area contributed by atoms with E-state index in [1.54, 1.807) is 51.5 Å². The van der Waals surface area contributed by atoms with Crippen LogP contribution < -0.4 is 28.4 Å². The number of piperidine rings is 1. The third-order valence-electron chi connectivity index (χ3n) is 9.71. The van der Waals surface area contributed by atoms with E-state index in [-0.39, 0.29) is 5.91 Å². The Bertz CT molecular complexity index is 1680. The molecule has 1 saturated carbocycles. The highest BCUT2D eigenvalue weighted by molar-refractivity contribution is 5.89. The summed E-state index contributed by atoms with van der Waals surface area (Å²) < 4.78 is 39.4. The highest BCUT2D eigenvalue weighted by Crippen LogP contribution is 2.45. The molecule has 3 aromatic rings. The lowest BCUT2D eigenvalue weighted by Gasteiger charge is -2.37. The Morgan fingerprint density at radius 3 is 2.13 bits per heavy atom. The molecule has 12 nitrogen and oxygen atoms in total. The number of carboxylic acid groups (broad SMARTS) is 1. The molecule has 1 heterocycles. The van der Waals surface area contributed by atoms with Gasteiger partial charge in [-0.2, -0.15) is 0 Å².